The molecule has 2 aromatic carbocycles. The molecule has 0 bridgehead atoms. The van der Waals surface area contributed by atoms with Crippen LogP contribution in [0.15, 0.2) is 41.5 Å². The number of carbonyl (C=O) groups is 1. The Balaban J connectivity index is 1.82. The van der Waals surface area contributed by atoms with Crippen molar-refractivity contribution in [1.82, 2.24) is 15.0 Å². The van der Waals surface area contributed by atoms with Crippen molar-refractivity contribution in [2.24, 2.45) is 5.10 Å². The number of benzene rings is 2. The van der Waals surface area contributed by atoms with Gasteiger partial charge >= 0.3 is 0 Å². The van der Waals surface area contributed by atoms with Crippen molar-refractivity contribution in [2.45, 2.75) is 27.3 Å². The van der Waals surface area contributed by atoms with Crippen molar-refractivity contribution in [3.8, 4) is 0 Å². The van der Waals surface area contributed by atoms with Gasteiger partial charge in [0, 0.05) is 23.7 Å². The number of rotatable bonds is 4. The first kappa shape index (κ1) is 17.7. The molecule has 0 aliphatic rings. The van der Waals surface area contributed by atoms with Gasteiger partial charge in [-0.05, 0) is 51.1 Å². The fourth-order valence-electron chi connectivity index (χ4n) is 2.83. The number of hydrazone groups is 1. The summed E-state index contributed by atoms with van der Waals surface area (Å²) in [5, 5.41) is 3.91. The van der Waals surface area contributed by atoms with E-state index in [1.54, 1.807) is 12.1 Å². The molecule has 3 rings (SSSR count). The predicted octanol–water partition coefficient (Wildman–Crippen LogP) is 3.80. The number of aromatic nitrogens is 2. The van der Waals surface area contributed by atoms with Crippen LogP contribution in [0.4, 0.5) is 8.78 Å². The number of hydrogen-bond acceptors (Lipinski definition) is 3. The lowest BCUT2D eigenvalue weighted by Gasteiger charge is -2.05. The number of nitrogens with one attached hydrogen (secondary N) is 1. The van der Waals surface area contributed by atoms with Crippen LogP contribution in [0.25, 0.3) is 11.0 Å². The zero-order chi connectivity index (χ0) is 18.8. The molecule has 0 aliphatic heterocycles. The molecular weight excluding hydrogens is 338 g/mol. The van der Waals surface area contributed by atoms with E-state index >= 15 is 0 Å². The maximum Gasteiger partial charge on any atom is 0.271 e. The van der Waals surface area contributed by atoms with Gasteiger partial charge in [0.15, 0.2) is 0 Å². The molecule has 1 N–H and O–H groups in total. The van der Waals surface area contributed by atoms with Crippen LogP contribution in [-0.4, -0.2) is 21.2 Å². The summed E-state index contributed by atoms with van der Waals surface area (Å²) in [5.41, 5.74) is 4.83. The monoisotopic (exact) mass is 356 g/mol. The molecule has 0 spiro atoms. The lowest BCUT2D eigenvalue weighted by Crippen LogP contribution is -2.19. The van der Waals surface area contributed by atoms with Crippen LogP contribution in [0, 0.1) is 18.6 Å². The van der Waals surface area contributed by atoms with E-state index in [1.165, 1.54) is 13.0 Å². The Morgan fingerprint density at radius 1 is 1.23 bits per heavy atom. The summed E-state index contributed by atoms with van der Waals surface area (Å²) in [5.74, 6) is -0.959. The molecule has 26 heavy (non-hydrogen) atoms. The van der Waals surface area contributed by atoms with E-state index in [-0.39, 0.29) is 11.3 Å². The third-order valence-electron chi connectivity index (χ3n) is 4.16. The highest BCUT2D eigenvalue weighted by Crippen LogP contribution is 2.18. The van der Waals surface area contributed by atoms with Gasteiger partial charge in [0.2, 0.25) is 0 Å². The zero-order valence-electron chi connectivity index (χ0n) is 14.7. The second-order valence-corrected chi connectivity index (χ2v) is 5.87. The quantitative estimate of drug-likeness (QED) is 0.571. The van der Waals surface area contributed by atoms with E-state index in [4.69, 9.17) is 0 Å². The molecule has 0 atom stereocenters. The number of fused-ring (bicyclic) bond motifs is 1. The van der Waals surface area contributed by atoms with Crippen molar-refractivity contribution in [1.29, 1.82) is 0 Å². The first-order valence-corrected chi connectivity index (χ1v) is 8.17. The molecule has 1 heterocycles. The minimum Gasteiger partial charge on any atom is -0.329 e. The maximum atomic E-state index is 13.8. The molecule has 0 unspecified atom stereocenters. The van der Waals surface area contributed by atoms with Gasteiger partial charge in [-0.25, -0.2) is 19.2 Å². The number of carbonyl (C=O) groups excluding carboxylic acids is 1. The van der Waals surface area contributed by atoms with Gasteiger partial charge in [-0.1, -0.05) is 0 Å². The fourth-order valence-corrected chi connectivity index (χ4v) is 2.83. The third kappa shape index (κ3) is 3.33. The fraction of sp³-hybridized carbons (Fsp3) is 0.211. The topological polar surface area (TPSA) is 59.3 Å². The van der Waals surface area contributed by atoms with Crippen LogP contribution in [0.2, 0.25) is 0 Å². The minimum atomic E-state index is -0.734. The Morgan fingerprint density at radius 3 is 2.69 bits per heavy atom. The van der Waals surface area contributed by atoms with Crippen LogP contribution in [0.1, 0.15) is 35.6 Å². The van der Waals surface area contributed by atoms with E-state index < -0.39 is 17.5 Å². The Bertz CT molecular complexity index is 1020. The number of imidazole rings is 1. The molecule has 5 nitrogen and oxygen atoms in total. The Morgan fingerprint density at radius 2 is 2.00 bits per heavy atom. The van der Waals surface area contributed by atoms with Gasteiger partial charge in [0.1, 0.15) is 17.5 Å². The van der Waals surface area contributed by atoms with Crippen LogP contribution >= 0.6 is 0 Å². The normalized spacial score (nSPS) is 11.8. The van der Waals surface area contributed by atoms with Gasteiger partial charge in [0.25, 0.3) is 5.91 Å². The van der Waals surface area contributed by atoms with Gasteiger partial charge in [0.05, 0.1) is 16.7 Å². The van der Waals surface area contributed by atoms with Gasteiger partial charge in [-0.2, -0.15) is 5.10 Å². The van der Waals surface area contributed by atoms with Crippen LogP contribution < -0.4 is 5.43 Å². The predicted molar refractivity (Wildman–Crippen MR) is 96.2 cm³/mol. The minimum absolute atomic E-state index is 0.125. The van der Waals surface area contributed by atoms with E-state index in [9.17, 15) is 13.6 Å². The summed E-state index contributed by atoms with van der Waals surface area (Å²) >= 11 is 0. The van der Waals surface area contributed by atoms with Gasteiger partial charge < -0.3 is 4.57 Å². The first-order valence-electron chi connectivity index (χ1n) is 8.17. The van der Waals surface area contributed by atoms with Gasteiger partial charge in [-0.15, -0.1) is 0 Å². The summed E-state index contributed by atoms with van der Waals surface area (Å²) in [6.07, 6.45) is 0. The van der Waals surface area contributed by atoms with E-state index in [2.05, 4.69) is 20.1 Å². The van der Waals surface area contributed by atoms with E-state index in [0.717, 1.165) is 35.5 Å². The standard InChI is InChI=1S/C19H18F2N4O/c1-4-25-12(3)22-17-9-13(5-8-18(17)25)19(26)24-23-11(2)15-7-6-14(20)10-16(15)21/h5-10H,4H2,1-3H3,(H,24,26)/b23-11+. The Hall–Kier alpha value is -3.09. The molecule has 0 aliphatic carbocycles. The van der Waals surface area contributed by atoms with Gasteiger partial charge in [-0.3, -0.25) is 4.79 Å². The third-order valence-corrected chi connectivity index (χ3v) is 4.16. The van der Waals surface area contributed by atoms with Crippen LogP contribution in [-0.2, 0) is 6.54 Å². The maximum absolute atomic E-state index is 13.8. The van der Waals surface area contributed by atoms with Crippen LogP contribution in [0.3, 0.4) is 0 Å². The second-order valence-electron chi connectivity index (χ2n) is 5.87. The lowest BCUT2D eigenvalue weighted by molar-refractivity contribution is 0.0955. The summed E-state index contributed by atoms with van der Waals surface area (Å²) < 4.78 is 28.8. The molecule has 1 aromatic heterocycles. The zero-order valence-corrected chi connectivity index (χ0v) is 14.7. The average Bonchev–Trinajstić information content (AvgIpc) is 2.93. The molecular formula is C19H18F2N4O. The van der Waals surface area contributed by atoms with E-state index in [0.29, 0.717) is 5.56 Å². The highest BCUT2D eigenvalue weighted by atomic mass is 19.1. The van der Waals surface area contributed by atoms with Crippen molar-refractivity contribution < 1.29 is 13.6 Å². The highest BCUT2D eigenvalue weighted by Gasteiger charge is 2.12. The smallest absolute Gasteiger partial charge is 0.271 e. The van der Waals surface area contributed by atoms with Crippen molar-refractivity contribution in [3.63, 3.8) is 0 Å². The van der Waals surface area contributed by atoms with E-state index in [1.807, 2.05) is 19.9 Å². The molecule has 1 amide bonds. The Kier molecular flexibility index (Phi) is 4.79. The number of amides is 1. The number of halogens is 2. The summed E-state index contributed by atoms with van der Waals surface area (Å²) in [6, 6.07) is 8.41. The highest BCUT2D eigenvalue weighted by molar-refractivity contribution is 6.01. The van der Waals surface area contributed by atoms with Crippen molar-refractivity contribution in [3.05, 3.63) is 65.0 Å². The van der Waals surface area contributed by atoms with Crippen molar-refractivity contribution >= 4 is 22.7 Å². The summed E-state index contributed by atoms with van der Waals surface area (Å²) in [4.78, 5) is 16.8. The molecule has 0 fully saturated rings. The molecule has 3 aromatic rings. The molecule has 134 valence electrons. The summed E-state index contributed by atoms with van der Waals surface area (Å²) in [7, 11) is 0. The van der Waals surface area contributed by atoms with Crippen molar-refractivity contribution in [2.75, 3.05) is 0 Å². The molecule has 0 radical (unpaired) electrons. The lowest BCUT2D eigenvalue weighted by atomic mass is 10.1. The average molecular weight is 356 g/mol. The summed E-state index contributed by atoms with van der Waals surface area (Å²) in [6.45, 7) is 6.27. The number of aryl methyl sites for hydroxylation is 2. The second kappa shape index (κ2) is 7.03. The Labute approximate surface area is 149 Å². The largest absolute Gasteiger partial charge is 0.329 e. The van der Waals surface area contributed by atoms with Crippen LogP contribution in [0.5, 0.6) is 0 Å². The SMILES string of the molecule is CCn1c(C)nc2cc(C(=O)N/N=C(\C)c3ccc(F)cc3F)ccc21. The molecule has 0 saturated carbocycles. The number of hydrogen-bond donors (Lipinski definition) is 1. The number of nitrogens with zero attached hydrogens (tertiary/aromatic N) is 3. The molecule has 0 saturated heterocycles. The molecule has 7 heteroatoms. The first-order chi connectivity index (χ1) is 12.4.